The van der Waals surface area contributed by atoms with Gasteiger partial charge < -0.3 is 4.74 Å². The van der Waals surface area contributed by atoms with Crippen LogP contribution in [0.1, 0.15) is 5.56 Å². The van der Waals surface area contributed by atoms with E-state index in [-0.39, 0.29) is 22.3 Å². The van der Waals surface area contributed by atoms with Crippen molar-refractivity contribution in [2.45, 2.75) is 11.8 Å². The van der Waals surface area contributed by atoms with Crippen molar-refractivity contribution in [1.82, 2.24) is 4.90 Å². The van der Waals surface area contributed by atoms with Crippen LogP contribution in [0.2, 0.25) is 5.02 Å². The van der Waals surface area contributed by atoms with Gasteiger partial charge in [-0.15, -0.1) is 0 Å². The lowest BCUT2D eigenvalue weighted by atomic mass is 10.1. The Morgan fingerprint density at radius 2 is 1.81 bits per heavy atom. The van der Waals surface area contributed by atoms with Gasteiger partial charge in [0.05, 0.1) is 12.1 Å². The van der Waals surface area contributed by atoms with Crippen molar-refractivity contribution in [3.05, 3.63) is 58.2 Å². The van der Waals surface area contributed by atoms with E-state index in [1.165, 1.54) is 47.5 Å². The predicted molar refractivity (Wildman–Crippen MR) is 91.1 cm³/mol. The van der Waals surface area contributed by atoms with Gasteiger partial charge in [-0.25, -0.2) is 14.8 Å². The molecule has 0 spiro atoms. The molecule has 0 aromatic heterocycles. The summed E-state index contributed by atoms with van der Waals surface area (Å²) in [5.74, 6) is -1.97. The van der Waals surface area contributed by atoms with Crippen LogP contribution in [-0.2, 0) is 9.53 Å². The topological polar surface area (TPSA) is 54.3 Å². The molecular formula is C16H10Cl2F3N3O2. The van der Waals surface area contributed by atoms with E-state index in [2.05, 4.69) is 14.7 Å². The van der Waals surface area contributed by atoms with Gasteiger partial charge in [0.25, 0.3) is 0 Å². The van der Waals surface area contributed by atoms with Crippen LogP contribution >= 0.6 is 23.2 Å². The molecule has 2 aliphatic rings. The molecule has 0 bridgehead atoms. The van der Waals surface area contributed by atoms with Crippen LogP contribution in [-0.4, -0.2) is 41.5 Å². The maximum Gasteiger partial charge on any atom is 0.445 e. The number of ether oxygens (including phenoxy) is 1. The van der Waals surface area contributed by atoms with Gasteiger partial charge in [-0.05, 0) is 36.4 Å². The van der Waals surface area contributed by atoms with Gasteiger partial charge in [0.2, 0.25) is 0 Å². The number of fused-ring (bicyclic) bond motifs is 1. The number of halogens is 5. The van der Waals surface area contributed by atoms with Gasteiger partial charge in [-0.1, -0.05) is 23.2 Å². The molecule has 0 radical (unpaired) electrons. The zero-order valence-electron chi connectivity index (χ0n) is 13.1. The minimum Gasteiger partial charge on any atom is -0.465 e. The van der Waals surface area contributed by atoms with Crippen molar-refractivity contribution in [2.24, 2.45) is 9.98 Å². The van der Waals surface area contributed by atoms with Crippen LogP contribution in [0, 0.1) is 0 Å². The third-order valence-electron chi connectivity index (χ3n) is 3.63. The molecule has 136 valence electrons. The van der Waals surface area contributed by atoms with E-state index in [1.54, 1.807) is 0 Å². The highest BCUT2D eigenvalue weighted by molar-refractivity contribution is 6.33. The van der Waals surface area contributed by atoms with Gasteiger partial charge in [0.15, 0.2) is 0 Å². The summed E-state index contributed by atoms with van der Waals surface area (Å²) in [6.45, 7) is 0. The predicted octanol–water partition coefficient (Wildman–Crippen LogP) is 3.88. The first-order chi connectivity index (χ1) is 12.2. The summed E-state index contributed by atoms with van der Waals surface area (Å²) in [5, 5.41) is 0.643. The lowest BCUT2D eigenvalue weighted by molar-refractivity contribution is -0.202. The Morgan fingerprint density at radius 1 is 1.15 bits per heavy atom. The first-order valence-electron chi connectivity index (χ1n) is 7.13. The fourth-order valence-electron chi connectivity index (χ4n) is 2.40. The van der Waals surface area contributed by atoms with E-state index >= 15 is 0 Å². The second-order valence-corrected chi connectivity index (χ2v) is 6.16. The molecule has 0 fully saturated rings. The quantitative estimate of drug-likeness (QED) is 0.704. The van der Waals surface area contributed by atoms with E-state index in [0.717, 1.165) is 7.11 Å². The van der Waals surface area contributed by atoms with Crippen LogP contribution in [0.4, 0.5) is 13.2 Å². The van der Waals surface area contributed by atoms with Gasteiger partial charge in [-0.3, -0.25) is 4.90 Å². The zero-order chi connectivity index (χ0) is 19.1. The van der Waals surface area contributed by atoms with Crippen LogP contribution in [0.5, 0.6) is 0 Å². The SMILES string of the molecule is COC(=O)[C@@]1(C(F)(F)F)N=C2C=CC(Cl)=CN2C(c2ccc(Cl)cc2)=N1. The second kappa shape index (κ2) is 6.44. The third-order valence-corrected chi connectivity index (χ3v) is 4.11. The number of nitrogens with zero attached hydrogens (tertiary/aromatic N) is 3. The van der Waals surface area contributed by atoms with Crippen LogP contribution in [0.3, 0.4) is 0 Å². The molecule has 1 aromatic rings. The van der Waals surface area contributed by atoms with E-state index in [4.69, 9.17) is 23.2 Å². The monoisotopic (exact) mass is 403 g/mol. The number of amidine groups is 2. The number of aliphatic imine (C=N–C) groups is 2. The van der Waals surface area contributed by atoms with E-state index in [1.807, 2.05) is 0 Å². The molecule has 0 amide bonds. The molecule has 3 rings (SSSR count). The Labute approximate surface area is 156 Å². The van der Waals surface area contributed by atoms with Crippen LogP contribution < -0.4 is 0 Å². The summed E-state index contributed by atoms with van der Waals surface area (Å²) in [6, 6.07) is 5.93. The maximum atomic E-state index is 13.8. The second-order valence-electron chi connectivity index (χ2n) is 5.29. The largest absolute Gasteiger partial charge is 0.465 e. The molecule has 0 saturated heterocycles. The van der Waals surface area contributed by atoms with Crippen LogP contribution in [0.15, 0.2) is 57.6 Å². The lowest BCUT2D eigenvalue weighted by Crippen LogP contribution is -2.55. The van der Waals surface area contributed by atoms with Crippen molar-refractivity contribution in [3.8, 4) is 0 Å². The Hall–Kier alpha value is -2.32. The molecule has 0 saturated carbocycles. The Kier molecular flexibility index (Phi) is 4.58. The summed E-state index contributed by atoms with van der Waals surface area (Å²) >= 11 is 11.8. The Morgan fingerprint density at radius 3 is 2.38 bits per heavy atom. The van der Waals surface area contributed by atoms with Gasteiger partial charge in [0.1, 0.15) is 11.7 Å². The standard InChI is InChI=1S/C16H10Cl2F3N3O2/c1-26-14(25)15(16(19,20)21)22-12-7-6-11(18)8-24(12)13(23-15)9-2-4-10(17)5-3-9/h2-8H,1H3/t15-/m1/s1. The average molecular weight is 404 g/mol. The van der Waals surface area contributed by atoms with Gasteiger partial charge in [0, 0.05) is 16.8 Å². The number of carbonyl (C=O) groups is 1. The first kappa shape index (κ1) is 18.5. The minimum absolute atomic E-state index is 0.155. The lowest BCUT2D eigenvalue weighted by Gasteiger charge is -2.36. The number of alkyl halides is 3. The number of hydrogen-bond acceptors (Lipinski definition) is 5. The molecule has 2 heterocycles. The van der Waals surface area contributed by atoms with E-state index in [9.17, 15) is 18.0 Å². The van der Waals surface area contributed by atoms with Crippen molar-refractivity contribution in [2.75, 3.05) is 7.11 Å². The maximum absolute atomic E-state index is 13.8. The number of esters is 1. The minimum atomic E-state index is -5.12. The molecule has 2 aliphatic heterocycles. The number of carbonyl (C=O) groups excluding carboxylic acids is 1. The molecule has 0 N–H and O–H groups in total. The van der Waals surface area contributed by atoms with Gasteiger partial charge >= 0.3 is 17.8 Å². The number of allylic oxidation sites excluding steroid dienone is 2. The highest BCUT2D eigenvalue weighted by atomic mass is 35.5. The summed E-state index contributed by atoms with van der Waals surface area (Å²) in [6.07, 6.45) is -1.14. The molecule has 0 unspecified atom stereocenters. The molecule has 26 heavy (non-hydrogen) atoms. The fraction of sp³-hybridized carbons (Fsp3) is 0.188. The molecule has 5 nitrogen and oxygen atoms in total. The first-order valence-corrected chi connectivity index (χ1v) is 7.89. The summed E-state index contributed by atoms with van der Waals surface area (Å²) < 4.78 is 45.8. The number of rotatable bonds is 2. The van der Waals surface area contributed by atoms with Crippen molar-refractivity contribution in [3.63, 3.8) is 0 Å². The van der Waals surface area contributed by atoms with Crippen molar-refractivity contribution in [1.29, 1.82) is 0 Å². The van der Waals surface area contributed by atoms with Crippen LogP contribution in [0.25, 0.3) is 0 Å². The van der Waals surface area contributed by atoms with Gasteiger partial charge in [-0.2, -0.15) is 13.2 Å². The molecule has 1 atom stereocenters. The zero-order valence-corrected chi connectivity index (χ0v) is 14.6. The summed E-state index contributed by atoms with van der Waals surface area (Å²) in [4.78, 5) is 20.5. The number of methoxy groups -OCH3 is 1. The highest BCUT2D eigenvalue weighted by Crippen LogP contribution is 2.40. The average Bonchev–Trinajstić information content (AvgIpc) is 2.60. The number of hydrogen-bond donors (Lipinski definition) is 0. The summed E-state index contributed by atoms with van der Waals surface area (Å²) in [7, 11) is 0.841. The molecular weight excluding hydrogens is 394 g/mol. The third kappa shape index (κ3) is 2.99. The van der Waals surface area contributed by atoms with Crippen molar-refractivity contribution >= 4 is 40.8 Å². The van der Waals surface area contributed by atoms with E-state index < -0.39 is 17.8 Å². The van der Waals surface area contributed by atoms with Crippen molar-refractivity contribution < 1.29 is 22.7 Å². The molecule has 1 aromatic carbocycles. The normalized spacial score (nSPS) is 22.2. The Bertz CT molecular complexity index is 876. The Balaban J connectivity index is 2.27. The highest BCUT2D eigenvalue weighted by Gasteiger charge is 2.64. The number of benzene rings is 1. The van der Waals surface area contributed by atoms with E-state index in [0.29, 0.717) is 5.02 Å². The molecule has 10 heteroatoms. The fourth-order valence-corrected chi connectivity index (χ4v) is 2.69. The smallest absolute Gasteiger partial charge is 0.445 e. The molecule has 0 aliphatic carbocycles. The summed E-state index contributed by atoms with van der Waals surface area (Å²) in [5.41, 5.74) is -3.12.